The van der Waals surface area contributed by atoms with Crippen LogP contribution in [0.4, 0.5) is 0 Å². The summed E-state index contributed by atoms with van der Waals surface area (Å²) in [4.78, 5) is 11.7. The van der Waals surface area contributed by atoms with Crippen LogP contribution < -0.4 is 5.32 Å². The van der Waals surface area contributed by atoms with Crippen LogP contribution in [-0.2, 0) is 19.0 Å². The second kappa shape index (κ2) is 6.93. The molecule has 1 aliphatic rings. The van der Waals surface area contributed by atoms with Gasteiger partial charge < -0.3 is 19.5 Å². The maximum atomic E-state index is 11.7. The van der Waals surface area contributed by atoms with Crippen molar-refractivity contribution in [3.63, 3.8) is 0 Å². The van der Waals surface area contributed by atoms with Gasteiger partial charge in [0.25, 0.3) is 0 Å². The van der Waals surface area contributed by atoms with Crippen LogP contribution in [0.1, 0.15) is 26.7 Å². The van der Waals surface area contributed by atoms with Crippen LogP contribution in [0.3, 0.4) is 0 Å². The molecule has 17 heavy (non-hydrogen) atoms. The minimum atomic E-state index is -0.776. The fraction of sp³-hybridized carbons (Fsp3) is 0.917. The monoisotopic (exact) mass is 245 g/mol. The first-order valence-corrected chi connectivity index (χ1v) is 6.15. The summed E-state index contributed by atoms with van der Waals surface area (Å²) in [5.74, 6) is -0.299. The molecule has 0 aromatic carbocycles. The van der Waals surface area contributed by atoms with Crippen molar-refractivity contribution in [2.75, 3.05) is 33.5 Å². The summed E-state index contributed by atoms with van der Waals surface area (Å²) in [6.07, 6.45) is 2.31. The molecule has 1 N–H and O–H groups in total. The Balaban J connectivity index is 2.35. The maximum Gasteiger partial charge on any atom is 0.328 e. The molecular formula is C12H23NO4. The Morgan fingerprint density at radius 3 is 2.88 bits per heavy atom. The van der Waals surface area contributed by atoms with Gasteiger partial charge in [0, 0.05) is 6.61 Å². The third-order valence-electron chi connectivity index (χ3n) is 2.92. The zero-order valence-corrected chi connectivity index (χ0v) is 11.0. The Hall–Kier alpha value is -0.650. The molecule has 5 nitrogen and oxygen atoms in total. The number of carbonyl (C=O) groups is 1. The summed E-state index contributed by atoms with van der Waals surface area (Å²) in [6.45, 7) is 6.08. The predicted octanol–water partition coefficient (Wildman–Crippen LogP) is 0.723. The average molecular weight is 245 g/mol. The van der Waals surface area contributed by atoms with Crippen LogP contribution >= 0.6 is 0 Å². The van der Waals surface area contributed by atoms with Crippen molar-refractivity contribution in [1.82, 2.24) is 5.32 Å². The van der Waals surface area contributed by atoms with Crippen LogP contribution in [-0.4, -0.2) is 51.1 Å². The second-order valence-electron chi connectivity index (χ2n) is 4.50. The number of hydrogen-bond donors (Lipinski definition) is 1. The zero-order valence-electron chi connectivity index (χ0n) is 11.0. The zero-order chi connectivity index (χ0) is 12.7. The van der Waals surface area contributed by atoms with E-state index < -0.39 is 5.54 Å². The predicted molar refractivity (Wildman–Crippen MR) is 63.9 cm³/mol. The SMILES string of the molecule is CCNC(C)(COCC1CCCO1)C(=O)OC. The smallest absolute Gasteiger partial charge is 0.328 e. The van der Waals surface area contributed by atoms with E-state index in [4.69, 9.17) is 14.2 Å². The van der Waals surface area contributed by atoms with Gasteiger partial charge >= 0.3 is 5.97 Å². The third-order valence-corrected chi connectivity index (χ3v) is 2.92. The van der Waals surface area contributed by atoms with Gasteiger partial charge in [-0.15, -0.1) is 0 Å². The summed E-state index contributed by atoms with van der Waals surface area (Å²) in [6, 6.07) is 0. The molecule has 1 fully saturated rings. The number of nitrogens with one attached hydrogen (secondary N) is 1. The first-order chi connectivity index (χ1) is 8.12. The number of likely N-dealkylation sites (N-methyl/N-ethyl adjacent to an activating group) is 1. The minimum absolute atomic E-state index is 0.179. The van der Waals surface area contributed by atoms with Crippen molar-refractivity contribution in [3.8, 4) is 0 Å². The molecule has 2 atom stereocenters. The van der Waals surface area contributed by atoms with Gasteiger partial charge in [-0.1, -0.05) is 6.92 Å². The van der Waals surface area contributed by atoms with E-state index in [0.717, 1.165) is 19.4 Å². The molecule has 1 aliphatic heterocycles. The second-order valence-corrected chi connectivity index (χ2v) is 4.50. The largest absolute Gasteiger partial charge is 0.468 e. The molecule has 0 aromatic rings. The van der Waals surface area contributed by atoms with E-state index in [-0.39, 0.29) is 12.1 Å². The Morgan fingerprint density at radius 2 is 2.35 bits per heavy atom. The number of rotatable bonds is 7. The Labute approximate surface area is 103 Å². The molecule has 1 saturated heterocycles. The van der Waals surface area contributed by atoms with Gasteiger partial charge in [-0.3, -0.25) is 0 Å². The summed E-state index contributed by atoms with van der Waals surface area (Å²) < 4.78 is 15.8. The first-order valence-electron chi connectivity index (χ1n) is 6.15. The molecule has 0 spiro atoms. The highest BCUT2D eigenvalue weighted by Crippen LogP contribution is 2.13. The van der Waals surface area contributed by atoms with E-state index in [1.54, 1.807) is 6.92 Å². The van der Waals surface area contributed by atoms with E-state index in [1.807, 2.05) is 6.92 Å². The van der Waals surface area contributed by atoms with Crippen molar-refractivity contribution >= 4 is 5.97 Å². The molecule has 0 radical (unpaired) electrons. The minimum Gasteiger partial charge on any atom is -0.468 e. The molecule has 0 saturated carbocycles. The molecule has 0 bridgehead atoms. The van der Waals surface area contributed by atoms with Crippen LogP contribution in [0, 0.1) is 0 Å². The van der Waals surface area contributed by atoms with Gasteiger partial charge in [0.05, 0.1) is 26.4 Å². The molecular weight excluding hydrogens is 222 g/mol. The summed E-state index contributed by atoms with van der Waals surface area (Å²) in [7, 11) is 1.39. The van der Waals surface area contributed by atoms with E-state index >= 15 is 0 Å². The summed E-state index contributed by atoms with van der Waals surface area (Å²) in [5, 5.41) is 3.09. The number of ether oxygens (including phenoxy) is 3. The Kier molecular flexibility index (Phi) is 5.88. The van der Waals surface area contributed by atoms with Crippen molar-refractivity contribution < 1.29 is 19.0 Å². The molecule has 5 heteroatoms. The van der Waals surface area contributed by atoms with Crippen LogP contribution in [0.2, 0.25) is 0 Å². The normalized spacial score (nSPS) is 23.4. The third kappa shape index (κ3) is 4.26. The first kappa shape index (κ1) is 14.4. The topological polar surface area (TPSA) is 56.8 Å². The number of esters is 1. The van der Waals surface area contributed by atoms with Gasteiger partial charge in [0.15, 0.2) is 0 Å². The van der Waals surface area contributed by atoms with E-state index in [9.17, 15) is 4.79 Å². The van der Waals surface area contributed by atoms with Crippen LogP contribution in [0.25, 0.3) is 0 Å². The Morgan fingerprint density at radius 1 is 1.59 bits per heavy atom. The lowest BCUT2D eigenvalue weighted by Crippen LogP contribution is -2.54. The highest BCUT2D eigenvalue weighted by Gasteiger charge is 2.34. The van der Waals surface area contributed by atoms with E-state index in [0.29, 0.717) is 19.8 Å². The van der Waals surface area contributed by atoms with Gasteiger partial charge in [0.2, 0.25) is 0 Å². The molecule has 2 unspecified atom stereocenters. The van der Waals surface area contributed by atoms with E-state index in [1.165, 1.54) is 7.11 Å². The number of carbonyl (C=O) groups excluding carboxylic acids is 1. The molecule has 1 rings (SSSR count). The van der Waals surface area contributed by atoms with Crippen LogP contribution in [0.15, 0.2) is 0 Å². The maximum absolute atomic E-state index is 11.7. The van der Waals surface area contributed by atoms with Crippen molar-refractivity contribution in [2.45, 2.75) is 38.3 Å². The number of methoxy groups -OCH3 is 1. The van der Waals surface area contributed by atoms with Crippen molar-refractivity contribution in [3.05, 3.63) is 0 Å². The Bertz CT molecular complexity index is 241. The lowest BCUT2D eigenvalue weighted by molar-refractivity contribution is -0.151. The molecule has 0 aromatic heterocycles. The van der Waals surface area contributed by atoms with Gasteiger partial charge in [-0.05, 0) is 26.3 Å². The highest BCUT2D eigenvalue weighted by molar-refractivity contribution is 5.80. The fourth-order valence-electron chi connectivity index (χ4n) is 1.97. The lowest BCUT2D eigenvalue weighted by atomic mass is 10.0. The lowest BCUT2D eigenvalue weighted by Gasteiger charge is -2.27. The average Bonchev–Trinajstić information content (AvgIpc) is 2.81. The van der Waals surface area contributed by atoms with Gasteiger partial charge in [-0.2, -0.15) is 0 Å². The highest BCUT2D eigenvalue weighted by atomic mass is 16.5. The van der Waals surface area contributed by atoms with Crippen LogP contribution in [0.5, 0.6) is 0 Å². The van der Waals surface area contributed by atoms with Gasteiger partial charge in [-0.25, -0.2) is 4.79 Å². The molecule has 0 amide bonds. The van der Waals surface area contributed by atoms with Crippen molar-refractivity contribution in [1.29, 1.82) is 0 Å². The van der Waals surface area contributed by atoms with E-state index in [2.05, 4.69) is 5.32 Å². The quantitative estimate of drug-likeness (QED) is 0.670. The standard InChI is InChI=1S/C12H23NO4/c1-4-13-12(2,11(14)15-3)9-16-8-10-6-5-7-17-10/h10,13H,4-9H2,1-3H3. The molecule has 100 valence electrons. The van der Waals surface area contributed by atoms with Crippen molar-refractivity contribution in [2.24, 2.45) is 0 Å². The summed E-state index contributed by atoms with van der Waals surface area (Å²) >= 11 is 0. The van der Waals surface area contributed by atoms with Gasteiger partial charge in [0.1, 0.15) is 5.54 Å². The molecule has 1 heterocycles. The fourth-order valence-corrected chi connectivity index (χ4v) is 1.97. The molecule has 0 aliphatic carbocycles. The number of hydrogen-bond acceptors (Lipinski definition) is 5. The summed E-state index contributed by atoms with van der Waals surface area (Å²) in [5.41, 5.74) is -0.776.